The normalized spacial score (nSPS) is 12.1. The molecule has 24 heavy (non-hydrogen) atoms. The third kappa shape index (κ3) is 4.47. The van der Waals surface area contributed by atoms with Crippen LogP contribution in [0.5, 0.6) is 5.75 Å². The zero-order chi connectivity index (χ0) is 17.4. The van der Waals surface area contributed by atoms with Gasteiger partial charge in [0.05, 0.1) is 12.6 Å². The van der Waals surface area contributed by atoms with Crippen molar-refractivity contribution in [3.8, 4) is 11.8 Å². The van der Waals surface area contributed by atoms with Crippen molar-refractivity contribution < 1.29 is 9.53 Å². The monoisotopic (exact) mass is 320 g/mol. The van der Waals surface area contributed by atoms with Crippen LogP contribution in [0.2, 0.25) is 0 Å². The molecule has 0 radical (unpaired) electrons. The molecule has 4 heteroatoms. The Hall–Kier alpha value is -3.06. The van der Waals surface area contributed by atoms with Crippen molar-refractivity contribution in [3.05, 3.63) is 71.3 Å². The second kappa shape index (κ2) is 8.54. The highest BCUT2D eigenvalue weighted by atomic mass is 16.5. The van der Waals surface area contributed by atoms with Gasteiger partial charge in [-0.05, 0) is 31.6 Å². The van der Waals surface area contributed by atoms with Crippen LogP contribution in [0, 0.1) is 11.3 Å². The summed E-state index contributed by atoms with van der Waals surface area (Å²) in [5.74, 6) is 0.247. The molecule has 2 aromatic rings. The Bertz CT molecular complexity index is 761. The van der Waals surface area contributed by atoms with Gasteiger partial charge in [-0.2, -0.15) is 5.26 Å². The van der Waals surface area contributed by atoms with Gasteiger partial charge in [0.1, 0.15) is 17.4 Å². The number of hydrogen-bond donors (Lipinski definition) is 1. The summed E-state index contributed by atoms with van der Waals surface area (Å²) in [6.45, 7) is 4.29. The summed E-state index contributed by atoms with van der Waals surface area (Å²) in [6, 6.07) is 18.7. The predicted molar refractivity (Wildman–Crippen MR) is 94.2 cm³/mol. The lowest BCUT2D eigenvalue weighted by Gasteiger charge is -2.14. The second-order valence-electron chi connectivity index (χ2n) is 5.25. The first-order chi connectivity index (χ1) is 11.7. The zero-order valence-corrected chi connectivity index (χ0v) is 13.8. The van der Waals surface area contributed by atoms with Crippen LogP contribution in [0.4, 0.5) is 0 Å². The summed E-state index contributed by atoms with van der Waals surface area (Å²) in [7, 11) is 0. The van der Waals surface area contributed by atoms with Crippen molar-refractivity contribution in [2.24, 2.45) is 0 Å². The molecule has 0 saturated carbocycles. The van der Waals surface area contributed by atoms with Crippen LogP contribution >= 0.6 is 0 Å². The van der Waals surface area contributed by atoms with Crippen molar-refractivity contribution in [2.75, 3.05) is 6.61 Å². The lowest BCUT2D eigenvalue weighted by atomic mass is 10.1. The summed E-state index contributed by atoms with van der Waals surface area (Å²) in [5, 5.41) is 12.2. The highest BCUT2D eigenvalue weighted by Crippen LogP contribution is 2.21. The first-order valence-electron chi connectivity index (χ1n) is 7.85. The Labute approximate surface area is 142 Å². The lowest BCUT2D eigenvalue weighted by molar-refractivity contribution is -0.117. The van der Waals surface area contributed by atoms with Crippen LogP contribution in [0.1, 0.15) is 31.0 Å². The number of nitrogens with zero attached hydrogens (tertiary/aromatic N) is 1. The minimum absolute atomic E-state index is 0.0462. The van der Waals surface area contributed by atoms with Crippen molar-refractivity contribution in [2.45, 2.75) is 19.9 Å². The minimum atomic E-state index is -0.403. The molecule has 1 atom stereocenters. The summed E-state index contributed by atoms with van der Waals surface area (Å²) in [6.07, 6.45) is 1.55. The topological polar surface area (TPSA) is 62.1 Å². The molecule has 0 saturated heterocycles. The molecule has 1 amide bonds. The number of amides is 1. The predicted octanol–water partition coefficient (Wildman–Crippen LogP) is 3.87. The third-order valence-corrected chi connectivity index (χ3v) is 3.53. The van der Waals surface area contributed by atoms with Crippen molar-refractivity contribution >= 4 is 12.0 Å². The maximum absolute atomic E-state index is 12.4. The van der Waals surface area contributed by atoms with E-state index >= 15 is 0 Å². The van der Waals surface area contributed by atoms with Crippen molar-refractivity contribution in [1.82, 2.24) is 5.32 Å². The second-order valence-corrected chi connectivity index (χ2v) is 5.25. The lowest BCUT2D eigenvalue weighted by Crippen LogP contribution is -2.27. The summed E-state index contributed by atoms with van der Waals surface area (Å²) in [5.41, 5.74) is 1.74. The SMILES string of the molecule is CCOc1ccccc1/C=C(\C#N)C(=O)N[C@H](C)c1ccccc1. The molecular weight excluding hydrogens is 300 g/mol. The molecule has 4 nitrogen and oxygen atoms in total. The number of carbonyl (C=O) groups is 1. The van der Waals surface area contributed by atoms with Gasteiger partial charge in [-0.25, -0.2) is 0 Å². The summed E-state index contributed by atoms with van der Waals surface area (Å²) in [4.78, 5) is 12.4. The average Bonchev–Trinajstić information content (AvgIpc) is 2.61. The van der Waals surface area contributed by atoms with Gasteiger partial charge >= 0.3 is 0 Å². The van der Waals surface area contributed by atoms with Crippen LogP contribution in [-0.2, 0) is 4.79 Å². The van der Waals surface area contributed by atoms with Crippen molar-refractivity contribution in [3.63, 3.8) is 0 Å². The highest BCUT2D eigenvalue weighted by Gasteiger charge is 2.14. The molecule has 122 valence electrons. The highest BCUT2D eigenvalue weighted by molar-refractivity contribution is 6.02. The van der Waals surface area contributed by atoms with Crippen LogP contribution < -0.4 is 10.1 Å². The number of ether oxygens (including phenoxy) is 1. The number of benzene rings is 2. The summed E-state index contributed by atoms with van der Waals surface area (Å²) < 4.78 is 5.53. The van der Waals surface area contributed by atoms with Gasteiger partial charge in [-0.1, -0.05) is 48.5 Å². The Balaban J connectivity index is 2.19. The summed E-state index contributed by atoms with van der Waals surface area (Å²) >= 11 is 0. The van der Waals surface area contributed by atoms with E-state index in [1.165, 1.54) is 0 Å². The fourth-order valence-corrected chi connectivity index (χ4v) is 2.29. The molecule has 0 fully saturated rings. The van der Waals surface area contributed by atoms with Crippen LogP contribution in [-0.4, -0.2) is 12.5 Å². The maximum Gasteiger partial charge on any atom is 0.262 e. The van der Waals surface area contributed by atoms with E-state index < -0.39 is 5.91 Å². The van der Waals surface area contributed by atoms with E-state index in [2.05, 4.69) is 5.32 Å². The number of carbonyl (C=O) groups excluding carboxylic acids is 1. The Morgan fingerprint density at radius 2 is 1.88 bits per heavy atom. The molecule has 0 aromatic heterocycles. The molecule has 0 bridgehead atoms. The van der Waals surface area contributed by atoms with E-state index in [-0.39, 0.29) is 11.6 Å². The molecular formula is C20H20N2O2. The first kappa shape index (κ1) is 17.3. The van der Waals surface area contributed by atoms with E-state index in [4.69, 9.17) is 4.74 Å². The average molecular weight is 320 g/mol. The van der Waals surface area contributed by atoms with E-state index in [0.29, 0.717) is 17.9 Å². The van der Waals surface area contributed by atoms with Gasteiger partial charge in [-0.15, -0.1) is 0 Å². The third-order valence-electron chi connectivity index (χ3n) is 3.53. The van der Waals surface area contributed by atoms with Gasteiger partial charge in [0.25, 0.3) is 5.91 Å². The molecule has 1 N–H and O–H groups in total. The number of nitrogens with one attached hydrogen (secondary N) is 1. The van der Waals surface area contributed by atoms with Crippen LogP contribution in [0.15, 0.2) is 60.2 Å². The Kier molecular flexibility index (Phi) is 6.16. The number of rotatable bonds is 6. The Morgan fingerprint density at radius 1 is 1.21 bits per heavy atom. The van der Waals surface area contributed by atoms with Crippen LogP contribution in [0.3, 0.4) is 0 Å². The van der Waals surface area contributed by atoms with E-state index in [9.17, 15) is 10.1 Å². The van der Waals surface area contributed by atoms with Gasteiger partial charge in [0, 0.05) is 5.56 Å². The molecule has 0 spiro atoms. The zero-order valence-electron chi connectivity index (χ0n) is 13.8. The van der Waals surface area contributed by atoms with E-state index in [1.807, 2.05) is 74.5 Å². The maximum atomic E-state index is 12.4. The number of nitriles is 1. The molecule has 0 heterocycles. The number of hydrogen-bond acceptors (Lipinski definition) is 3. The van der Waals surface area contributed by atoms with Gasteiger partial charge < -0.3 is 10.1 Å². The van der Waals surface area contributed by atoms with E-state index in [1.54, 1.807) is 6.08 Å². The van der Waals surface area contributed by atoms with Crippen LogP contribution in [0.25, 0.3) is 6.08 Å². The molecule has 2 rings (SSSR count). The molecule has 0 aliphatic heterocycles. The Morgan fingerprint density at radius 3 is 2.54 bits per heavy atom. The van der Waals surface area contributed by atoms with Gasteiger partial charge in [0.2, 0.25) is 0 Å². The fourth-order valence-electron chi connectivity index (χ4n) is 2.29. The molecule has 0 unspecified atom stereocenters. The molecule has 2 aromatic carbocycles. The minimum Gasteiger partial charge on any atom is -0.493 e. The quantitative estimate of drug-likeness (QED) is 0.649. The van der Waals surface area contributed by atoms with Gasteiger partial charge in [-0.3, -0.25) is 4.79 Å². The standard InChI is InChI=1S/C20H20N2O2/c1-3-24-19-12-8-7-11-17(19)13-18(14-21)20(23)22-15(2)16-9-5-4-6-10-16/h4-13,15H,3H2,1-2H3,(H,22,23)/b18-13+/t15-/m1/s1. The number of para-hydroxylation sites is 1. The largest absolute Gasteiger partial charge is 0.493 e. The fraction of sp³-hybridized carbons (Fsp3) is 0.200. The van der Waals surface area contributed by atoms with Gasteiger partial charge in [0.15, 0.2) is 0 Å². The first-order valence-corrected chi connectivity index (χ1v) is 7.85. The van der Waals surface area contributed by atoms with E-state index in [0.717, 1.165) is 5.56 Å². The molecule has 0 aliphatic carbocycles. The molecule has 0 aliphatic rings. The van der Waals surface area contributed by atoms with Crippen molar-refractivity contribution in [1.29, 1.82) is 5.26 Å². The smallest absolute Gasteiger partial charge is 0.262 e.